The Morgan fingerprint density at radius 2 is 1.76 bits per heavy atom. The van der Waals surface area contributed by atoms with Crippen LogP contribution in [0.15, 0.2) is 30.3 Å². The quantitative estimate of drug-likeness (QED) is 0.834. The van der Waals surface area contributed by atoms with Gasteiger partial charge in [-0.3, -0.25) is 0 Å². The summed E-state index contributed by atoms with van der Waals surface area (Å²) < 4.78 is 38.9. The van der Waals surface area contributed by atoms with Crippen molar-refractivity contribution in [3.8, 4) is 5.69 Å². The third-order valence-electron chi connectivity index (χ3n) is 2.30. The van der Waals surface area contributed by atoms with Crippen LogP contribution < -0.4 is 5.73 Å². The lowest BCUT2D eigenvalue weighted by molar-refractivity contribution is -0.142. The summed E-state index contributed by atoms with van der Waals surface area (Å²) in [5.41, 5.74) is 5.73. The number of alkyl halides is 3. The van der Waals surface area contributed by atoms with Crippen LogP contribution in [0.5, 0.6) is 0 Å². The smallest absolute Gasteiger partial charge is 0.382 e. The molecule has 0 saturated heterocycles. The number of aryl methyl sites for hydroxylation is 1. The summed E-state index contributed by atoms with van der Waals surface area (Å²) in [6.45, 7) is 1.85. The minimum atomic E-state index is -4.48. The van der Waals surface area contributed by atoms with Crippen LogP contribution in [-0.2, 0) is 6.18 Å². The highest BCUT2D eigenvalue weighted by atomic mass is 19.4. The molecule has 0 saturated carbocycles. The summed E-state index contributed by atoms with van der Waals surface area (Å²) in [4.78, 5) is 0. The first kappa shape index (κ1) is 11.5. The molecule has 0 aliphatic heterocycles. The number of nitrogen functional groups attached to an aromatic ring is 1. The lowest BCUT2D eigenvalue weighted by Crippen LogP contribution is -2.13. The van der Waals surface area contributed by atoms with Crippen molar-refractivity contribution < 1.29 is 13.2 Å². The van der Waals surface area contributed by atoms with Crippen molar-refractivity contribution in [2.45, 2.75) is 13.1 Å². The summed E-state index contributed by atoms with van der Waals surface area (Å²) >= 11 is 0. The van der Waals surface area contributed by atoms with Crippen LogP contribution in [0, 0.1) is 6.92 Å². The van der Waals surface area contributed by atoms with Gasteiger partial charge in [-0.1, -0.05) is 17.7 Å². The van der Waals surface area contributed by atoms with Crippen molar-refractivity contribution in [2.75, 3.05) is 5.73 Å². The van der Waals surface area contributed by atoms with Crippen LogP contribution in [0.1, 0.15) is 11.3 Å². The number of rotatable bonds is 1. The predicted octanol–water partition coefficient (Wildman–Crippen LogP) is 2.78. The van der Waals surface area contributed by atoms with E-state index in [1.54, 1.807) is 24.3 Å². The van der Waals surface area contributed by atoms with Crippen LogP contribution in [0.2, 0.25) is 0 Å². The normalized spacial score (nSPS) is 11.8. The van der Waals surface area contributed by atoms with Gasteiger partial charge in [0, 0.05) is 6.07 Å². The Morgan fingerprint density at radius 3 is 2.29 bits per heavy atom. The number of benzene rings is 1. The van der Waals surface area contributed by atoms with E-state index in [0.29, 0.717) is 5.69 Å². The Morgan fingerprint density at radius 1 is 1.18 bits per heavy atom. The fraction of sp³-hybridized carbons (Fsp3) is 0.182. The summed E-state index contributed by atoms with van der Waals surface area (Å²) in [6, 6.07) is 7.38. The Labute approximate surface area is 95.7 Å². The van der Waals surface area contributed by atoms with Crippen molar-refractivity contribution in [2.24, 2.45) is 0 Å². The number of halogens is 3. The van der Waals surface area contributed by atoms with Gasteiger partial charge in [-0.25, -0.2) is 4.68 Å². The van der Waals surface area contributed by atoms with Gasteiger partial charge in [0.2, 0.25) is 0 Å². The van der Waals surface area contributed by atoms with Gasteiger partial charge in [0.25, 0.3) is 0 Å². The fourth-order valence-corrected chi connectivity index (χ4v) is 1.48. The number of aromatic nitrogens is 2. The number of nitrogens with two attached hydrogens (primary N) is 1. The van der Waals surface area contributed by atoms with Crippen molar-refractivity contribution >= 4 is 5.82 Å². The molecule has 0 amide bonds. The molecule has 0 fully saturated rings. The van der Waals surface area contributed by atoms with Gasteiger partial charge in [0.15, 0.2) is 0 Å². The van der Waals surface area contributed by atoms with E-state index in [-0.39, 0.29) is 5.82 Å². The van der Waals surface area contributed by atoms with E-state index in [2.05, 4.69) is 5.10 Å². The molecule has 1 heterocycles. The van der Waals surface area contributed by atoms with E-state index < -0.39 is 11.9 Å². The molecule has 2 N–H and O–H groups in total. The minimum Gasteiger partial charge on any atom is -0.382 e. The molecule has 2 rings (SSSR count). The second kappa shape index (κ2) is 3.80. The van der Waals surface area contributed by atoms with Crippen molar-refractivity contribution in [3.05, 3.63) is 41.6 Å². The summed E-state index contributed by atoms with van der Waals surface area (Å²) in [5.74, 6) is -0.155. The van der Waals surface area contributed by atoms with Gasteiger partial charge in [0.1, 0.15) is 11.5 Å². The molecule has 0 aliphatic carbocycles. The Balaban J connectivity index is 2.55. The van der Waals surface area contributed by atoms with E-state index >= 15 is 0 Å². The Kier molecular flexibility index (Phi) is 2.57. The molecule has 0 spiro atoms. The second-order valence-corrected chi connectivity index (χ2v) is 3.70. The summed E-state index contributed by atoms with van der Waals surface area (Å²) in [7, 11) is 0. The first-order valence-corrected chi connectivity index (χ1v) is 4.88. The highest BCUT2D eigenvalue weighted by Gasteiger charge is 2.36. The molecule has 1 aromatic heterocycles. The van der Waals surface area contributed by atoms with Crippen LogP contribution >= 0.6 is 0 Å². The van der Waals surface area contributed by atoms with Gasteiger partial charge in [-0.2, -0.15) is 18.3 Å². The molecule has 17 heavy (non-hydrogen) atoms. The number of hydrogen-bond donors (Lipinski definition) is 1. The Hall–Kier alpha value is -1.98. The number of hydrogen-bond acceptors (Lipinski definition) is 2. The zero-order chi connectivity index (χ0) is 12.6. The van der Waals surface area contributed by atoms with Gasteiger partial charge in [-0.05, 0) is 19.1 Å². The molecule has 2 aromatic rings. The maximum absolute atomic E-state index is 12.7. The molecule has 3 nitrogen and oxygen atoms in total. The van der Waals surface area contributed by atoms with Crippen molar-refractivity contribution in [1.29, 1.82) is 0 Å². The molecule has 0 radical (unpaired) electrons. The van der Waals surface area contributed by atoms with Crippen molar-refractivity contribution in [1.82, 2.24) is 9.78 Å². The highest BCUT2D eigenvalue weighted by Crippen LogP contribution is 2.32. The zero-order valence-corrected chi connectivity index (χ0v) is 8.99. The van der Waals surface area contributed by atoms with Gasteiger partial charge < -0.3 is 5.73 Å². The van der Waals surface area contributed by atoms with Gasteiger partial charge >= 0.3 is 6.18 Å². The molecule has 1 aromatic carbocycles. The minimum absolute atomic E-state index is 0.155. The monoisotopic (exact) mass is 241 g/mol. The topological polar surface area (TPSA) is 43.8 Å². The SMILES string of the molecule is Cc1ccc(-n2nc(N)cc2C(F)(F)F)cc1. The van der Waals surface area contributed by atoms with Crippen LogP contribution in [0.4, 0.5) is 19.0 Å². The van der Waals surface area contributed by atoms with Gasteiger partial charge in [-0.15, -0.1) is 0 Å². The van der Waals surface area contributed by atoms with Crippen molar-refractivity contribution in [3.63, 3.8) is 0 Å². The molecule has 0 unspecified atom stereocenters. The fourth-order valence-electron chi connectivity index (χ4n) is 1.48. The maximum atomic E-state index is 12.7. The van der Waals surface area contributed by atoms with Crippen LogP contribution in [0.25, 0.3) is 5.69 Å². The average molecular weight is 241 g/mol. The van der Waals surface area contributed by atoms with E-state index in [0.717, 1.165) is 16.3 Å². The molecule has 0 bridgehead atoms. The number of anilines is 1. The van der Waals surface area contributed by atoms with E-state index in [1.807, 2.05) is 6.92 Å². The third kappa shape index (κ3) is 2.25. The molecular formula is C11H10F3N3. The molecular weight excluding hydrogens is 231 g/mol. The lowest BCUT2D eigenvalue weighted by Gasteiger charge is -2.09. The standard InChI is InChI=1S/C11H10F3N3/c1-7-2-4-8(5-3-7)17-9(11(12,13)14)6-10(15)16-17/h2-6H,1H3,(H2,15,16). The van der Waals surface area contributed by atoms with Crippen LogP contribution in [-0.4, -0.2) is 9.78 Å². The van der Waals surface area contributed by atoms with Crippen LogP contribution in [0.3, 0.4) is 0 Å². The number of nitrogens with zero attached hydrogens (tertiary/aromatic N) is 2. The van der Waals surface area contributed by atoms with E-state index in [1.165, 1.54) is 0 Å². The summed E-state index contributed by atoms with van der Waals surface area (Å²) in [6.07, 6.45) is -4.48. The largest absolute Gasteiger partial charge is 0.433 e. The average Bonchev–Trinajstić information content (AvgIpc) is 2.61. The molecule has 6 heteroatoms. The first-order valence-electron chi connectivity index (χ1n) is 4.88. The van der Waals surface area contributed by atoms with E-state index in [4.69, 9.17) is 5.73 Å². The predicted molar refractivity (Wildman–Crippen MR) is 57.7 cm³/mol. The molecule has 0 atom stereocenters. The van der Waals surface area contributed by atoms with E-state index in [9.17, 15) is 13.2 Å². The third-order valence-corrected chi connectivity index (χ3v) is 2.30. The molecule has 0 aliphatic rings. The lowest BCUT2D eigenvalue weighted by atomic mass is 10.2. The molecule has 90 valence electrons. The Bertz CT molecular complexity index is 526. The maximum Gasteiger partial charge on any atom is 0.433 e. The van der Waals surface area contributed by atoms with Gasteiger partial charge in [0.05, 0.1) is 5.69 Å². The second-order valence-electron chi connectivity index (χ2n) is 3.70. The highest BCUT2D eigenvalue weighted by molar-refractivity contribution is 5.40. The summed E-state index contributed by atoms with van der Waals surface area (Å²) in [5, 5.41) is 3.65. The zero-order valence-electron chi connectivity index (χ0n) is 8.99. The first-order chi connectivity index (χ1) is 7.88.